The largest absolute Gasteiger partial charge is 0.366 e. The van der Waals surface area contributed by atoms with Crippen LogP contribution in [0.2, 0.25) is 0 Å². The van der Waals surface area contributed by atoms with Gasteiger partial charge in [0.2, 0.25) is 0 Å². The van der Waals surface area contributed by atoms with Gasteiger partial charge in [0, 0.05) is 5.56 Å². The fraction of sp³-hybridized carbons (Fsp3) is 0.0741. The molecule has 1 aliphatic rings. The summed E-state index contributed by atoms with van der Waals surface area (Å²) in [4.78, 5) is 32.7. The normalized spacial score (nSPS) is 14.1. The Morgan fingerprint density at radius 1 is 0.875 bits per heavy atom. The Balaban J connectivity index is 1.48. The number of hydrogen-bond acceptors (Lipinski definition) is 4. The fourth-order valence-electron chi connectivity index (χ4n) is 4.05. The molecule has 1 heterocycles. The number of benzene rings is 4. The van der Waals surface area contributed by atoms with Crippen LogP contribution in [0.5, 0.6) is 0 Å². The molecule has 0 atom stereocenters. The molecule has 0 spiro atoms. The molecule has 0 N–H and O–H groups in total. The maximum Gasteiger partial charge on any atom is 0.366 e. The Bertz CT molecular complexity index is 1390. The van der Waals surface area contributed by atoms with E-state index in [9.17, 15) is 9.59 Å². The third-order valence-corrected chi connectivity index (χ3v) is 5.69. The van der Waals surface area contributed by atoms with Gasteiger partial charge in [-0.3, -0.25) is 4.79 Å². The summed E-state index contributed by atoms with van der Waals surface area (Å²) in [6, 6.07) is 28.7. The van der Waals surface area contributed by atoms with Crippen LogP contribution in [0.4, 0.5) is 5.69 Å². The third-order valence-electron chi connectivity index (χ3n) is 5.69. The average Bonchev–Trinajstić information content (AvgIpc) is 3.09. The van der Waals surface area contributed by atoms with Crippen LogP contribution in [0.1, 0.15) is 27.0 Å². The molecule has 1 aliphatic heterocycles. The van der Waals surface area contributed by atoms with Gasteiger partial charge in [-0.05, 0) is 41.0 Å². The van der Waals surface area contributed by atoms with Crippen LogP contribution in [-0.4, -0.2) is 17.6 Å². The highest BCUT2D eigenvalue weighted by atomic mass is 16.7. The molecule has 0 saturated heterocycles. The summed E-state index contributed by atoms with van der Waals surface area (Å²) < 4.78 is 0. The minimum absolute atomic E-state index is 0.128. The third kappa shape index (κ3) is 3.44. The van der Waals surface area contributed by atoms with Crippen LogP contribution in [0.25, 0.3) is 10.8 Å². The van der Waals surface area contributed by atoms with E-state index in [0.29, 0.717) is 17.7 Å². The topological polar surface area (TPSA) is 59.0 Å². The van der Waals surface area contributed by atoms with Gasteiger partial charge in [0.1, 0.15) is 0 Å². The zero-order valence-electron chi connectivity index (χ0n) is 17.5. The van der Waals surface area contributed by atoms with Crippen molar-refractivity contribution in [3.8, 4) is 0 Å². The van der Waals surface area contributed by atoms with E-state index in [-0.39, 0.29) is 11.6 Å². The summed E-state index contributed by atoms with van der Waals surface area (Å²) in [5, 5.41) is 6.20. The Kier molecular flexibility index (Phi) is 5.00. The van der Waals surface area contributed by atoms with Gasteiger partial charge in [-0.15, -0.1) is 0 Å². The number of hydrogen-bond donors (Lipinski definition) is 0. The highest BCUT2D eigenvalue weighted by Gasteiger charge is 2.35. The van der Waals surface area contributed by atoms with E-state index in [1.54, 1.807) is 17.0 Å². The van der Waals surface area contributed by atoms with Crippen molar-refractivity contribution in [1.29, 1.82) is 0 Å². The van der Waals surface area contributed by atoms with E-state index in [1.165, 1.54) is 0 Å². The van der Waals surface area contributed by atoms with Gasteiger partial charge in [-0.1, -0.05) is 84.0 Å². The summed E-state index contributed by atoms with van der Waals surface area (Å²) in [5.41, 5.74) is 3.76. The van der Waals surface area contributed by atoms with Crippen molar-refractivity contribution >= 4 is 34.0 Å². The fourth-order valence-corrected chi connectivity index (χ4v) is 4.05. The summed E-state index contributed by atoms with van der Waals surface area (Å²) in [6.45, 7) is 2.22. The van der Waals surface area contributed by atoms with E-state index < -0.39 is 5.97 Å². The van der Waals surface area contributed by atoms with Crippen LogP contribution in [0, 0.1) is 6.92 Å². The molecule has 0 saturated carbocycles. The number of rotatable bonds is 4. The van der Waals surface area contributed by atoms with Crippen molar-refractivity contribution in [1.82, 2.24) is 0 Å². The molecule has 5 heteroatoms. The van der Waals surface area contributed by atoms with Crippen LogP contribution >= 0.6 is 0 Å². The van der Waals surface area contributed by atoms with E-state index in [4.69, 9.17) is 4.84 Å². The lowest BCUT2D eigenvalue weighted by Gasteiger charge is -2.18. The summed E-state index contributed by atoms with van der Waals surface area (Å²) in [5.74, 6) is -0.884. The van der Waals surface area contributed by atoms with Crippen molar-refractivity contribution in [2.24, 2.45) is 5.16 Å². The molecule has 4 aromatic carbocycles. The molecule has 0 unspecified atom stereocenters. The lowest BCUT2D eigenvalue weighted by Crippen LogP contribution is -2.30. The molecule has 4 aromatic rings. The van der Waals surface area contributed by atoms with Crippen LogP contribution in [0.3, 0.4) is 0 Å². The maximum absolute atomic E-state index is 13.3. The smallest absolute Gasteiger partial charge is 0.312 e. The number of carbonyl (C=O) groups excluding carboxylic acids is 2. The Hall–Kier alpha value is -4.25. The number of fused-ring (bicyclic) bond motifs is 2. The SMILES string of the molecule is Cc1ccccc1C(=O)ON=C1C(=O)N(Cc2cccc3ccccc23)c2ccccc21. The van der Waals surface area contributed by atoms with Crippen molar-refractivity contribution in [3.63, 3.8) is 0 Å². The summed E-state index contributed by atoms with van der Waals surface area (Å²) in [6.07, 6.45) is 0. The van der Waals surface area contributed by atoms with E-state index >= 15 is 0 Å². The standard InChI is InChI=1S/C27H20N2O3/c1-18-9-2-4-13-21(18)27(31)32-28-25-23-15-6-7-16-24(23)29(26(25)30)17-20-12-8-11-19-10-3-5-14-22(19)20/h2-16H,17H2,1H3. The van der Waals surface area contributed by atoms with Crippen LogP contribution < -0.4 is 4.90 Å². The highest BCUT2D eigenvalue weighted by Crippen LogP contribution is 2.32. The molecule has 156 valence electrons. The van der Waals surface area contributed by atoms with Gasteiger partial charge in [0.25, 0.3) is 5.91 Å². The van der Waals surface area contributed by atoms with Gasteiger partial charge in [0.05, 0.1) is 17.8 Å². The molecule has 5 rings (SSSR count). The molecule has 32 heavy (non-hydrogen) atoms. The number of amides is 1. The van der Waals surface area contributed by atoms with Crippen LogP contribution in [0.15, 0.2) is 96.2 Å². The monoisotopic (exact) mass is 420 g/mol. The van der Waals surface area contributed by atoms with Crippen molar-refractivity contribution in [2.45, 2.75) is 13.5 Å². The molecule has 0 bridgehead atoms. The second-order valence-corrected chi connectivity index (χ2v) is 7.68. The summed E-state index contributed by atoms with van der Waals surface area (Å²) >= 11 is 0. The van der Waals surface area contributed by atoms with E-state index in [0.717, 1.165) is 27.6 Å². The van der Waals surface area contributed by atoms with Crippen LogP contribution in [-0.2, 0) is 16.2 Å². The lowest BCUT2D eigenvalue weighted by molar-refractivity contribution is -0.112. The van der Waals surface area contributed by atoms with E-state index in [1.807, 2.05) is 67.6 Å². The molecule has 0 aliphatic carbocycles. The number of carbonyl (C=O) groups is 2. The van der Waals surface area contributed by atoms with Gasteiger partial charge < -0.3 is 9.74 Å². The highest BCUT2D eigenvalue weighted by molar-refractivity contribution is 6.54. The molecule has 1 amide bonds. The minimum Gasteiger partial charge on any atom is -0.312 e. The minimum atomic E-state index is -0.589. The van der Waals surface area contributed by atoms with Crippen molar-refractivity contribution in [2.75, 3.05) is 4.90 Å². The van der Waals surface area contributed by atoms with E-state index in [2.05, 4.69) is 23.4 Å². The quantitative estimate of drug-likeness (QED) is 0.334. The van der Waals surface area contributed by atoms with Crippen molar-refractivity contribution < 1.29 is 14.4 Å². The van der Waals surface area contributed by atoms with Crippen molar-refractivity contribution in [3.05, 3.63) is 113 Å². The zero-order chi connectivity index (χ0) is 22.1. The first-order valence-electron chi connectivity index (χ1n) is 10.4. The number of nitrogens with zero attached hydrogens (tertiary/aromatic N) is 2. The zero-order valence-corrected chi connectivity index (χ0v) is 17.5. The number of oxime groups is 1. The molecule has 0 fully saturated rings. The lowest BCUT2D eigenvalue weighted by atomic mass is 10.0. The van der Waals surface area contributed by atoms with Gasteiger partial charge in [-0.2, -0.15) is 0 Å². The summed E-state index contributed by atoms with van der Waals surface area (Å²) in [7, 11) is 0. The maximum atomic E-state index is 13.3. The number of aryl methyl sites for hydroxylation is 1. The van der Waals surface area contributed by atoms with Gasteiger partial charge >= 0.3 is 5.97 Å². The first kappa shape index (κ1) is 19.7. The number of anilines is 1. The Labute approximate surface area is 185 Å². The molecular weight excluding hydrogens is 400 g/mol. The Morgan fingerprint density at radius 3 is 2.47 bits per heavy atom. The predicted molar refractivity (Wildman–Crippen MR) is 125 cm³/mol. The first-order chi connectivity index (χ1) is 15.6. The number of para-hydroxylation sites is 1. The average molecular weight is 420 g/mol. The van der Waals surface area contributed by atoms with Gasteiger partial charge in [0.15, 0.2) is 5.71 Å². The molecule has 0 radical (unpaired) electrons. The first-order valence-corrected chi connectivity index (χ1v) is 10.4. The Morgan fingerprint density at radius 2 is 1.59 bits per heavy atom. The molecule has 5 nitrogen and oxygen atoms in total. The molecule has 0 aromatic heterocycles. The predicted octanol–water partition coefficient (Wildman–Crippen LogP) is 5.26. The molecular formula is C27H20N2O3. The second-order valence-electron chi connectivity index (χ2n) is 7.68. The van der Waals surface area contributed by atoms with Gasteiger partial charge in [-0.25, -0.2) is 4.79 Å². The second kappa shape index (κ2) is 8.12.